The number of hydrogen-bond acceptors (Lipinski definition) is 5. The molecule has 8 heteroatoms. The van der Waals surface area contributed by atoms with Crippen LogP contribution in [0, 0.1) is 11.8 Å². The normalized spacial score (nSPS) is 26.5. The zero-order valence-corrected chi connectivity index (χ0v) is 12.4. The smallest absolute Gasteiger partial charge is 0.318 e. The van der Waals surface area contributed by atoms with Gasteiger partial charge in [0, 0.05) is 13.1 Å². The lowest BCUT2D eigenvalue weighted by molar-refractivity contribution is -0.153. The molecule has 2 atom stereocenters. The Balaban J connectivity index is 1.90. The lowest BCUT2D eigenvalue weighted by atomic mass is 9.89. The third-order valence-electron chi connectivity index (χ3n) is 3.84. The van der Waals surface area contributed by atoms with Gasteiger partial charge in [-0.3, -0.25) is 9.59 Å². The maximum atomic E-state index is 12.6. The summed E-state index contributed by atoms with van der Waals surface area (Å²) in [6, 6.07) is 6.13. The molecule has 3 rings (SSSR count). The fourth-order valence-corrected chi connectivity index (χ4v) is 4.68. The van der Waals surface area contributed by atoms with Crippen molar-refractivity contribution < 1.29 is 22.7 Å². The van der Waals surface area contributed by atoms with Gasteiger partial charge in [-0.1, -0.05) is 23.7 Å². The van der Waals surface area contributed by atoms with Crippen LogP contribution < -0.4 is 0 Å². The second kappa shape index (κ2) is 5.08. The maximum Gasteiger partial charge on any atom is 0.318 e. The lowest BCUT2D eigenvalue weighted by Gasteiger charge is -2.30. The molecule has 2 aliphatic heterocycles. The molecule has 0 radical (unpaired) electrons. The molecule has 21 heavy (non-hydrogen) atoms. The minimum Gasteiger partial charge on any atom is -0.393 e. The van der Waals surface area contributed by atoms with Gasteiger partial charge in [-0.05, 0) is 18.6 Å². The Bertz CT molecular complexity index is 717. The van der Waals surface area contributed by atoms with Crippen LogP contribution in [-0.2, 0) is 24.3 Å². The van der Waals surface area contributed by atoms with Crippen molar-refractivity contribution in [2.24, 2.45) is 11.8 Å². The van der Waals surface area contributed by atoms with Crippen LogP contribution in [0.1, 0.15) is 6.42 Å². The molecular weight excluding hydrogens is 318 g/mol. The molecule has 0 bridgehead atoms. The molecule has 0 aliphatic carbocycles. The highest BCUT2D eigenvalue weighted by Gasteiger charge is 2.49. The first-order valence-corrected chi connectivity index (χ1v) is 8.23. The monoisotopic (exact) mass is 329 g/mol. The zero-order chi connectivity index (χ0) is 15.2. The standard InChI is InChI=1S/C13H12ClNO5S/c14-10-3-1-2-4-11(10)21(18,19)15-6-5-8-9(7-15)13(17)20-12(8)16/h1-4,8-9H,5-7H2. The first-order chi connectivity index (χ1) is 9.91. The van der Waals surface area contributed by atoms with Gasteiger partial charge < -0.3 is 4.74 Å². The van der Waals surface area contributed by atoms with Crippen molar-refractivity contribution in [2.75, 3.05) is 13.1 Å². The van der Waals surface area contributed by atoms with E-state index in [9.17, 15) is 18.0 Å². The number of halogens is 1. The van der Waals surface area contributed by atoms with E-state index >= 15 is 0 Å². The molecule has 2 saturated heterocycles. The van der Waals surface area contributed by atoms with Crippen molar-refractivity contribution in [3.8, 4) is 0 Å². The molecule has 2 heterocycles. The number of esters is 2. The lowest BCUT2D eigenvalue weighted by Crippen LogP contribution is -2.44. The van der Waals surface area contributed by atoms with Gasteiger partial charge in [-0.2, -0.15) is 4.31 Å². The average molecular weight is 330 g/mol. The number of hydrogen-bond donors (Lipinski definition) is 0. The molecule has 6 nitrogen and oxygen atoms in total. The number of sulfonamides is 1. The summed E-state index contributed by atoms with van der Waals surface area (Å²) in [5.74, 6) is -2.46. The number of cyclic esters (lactones) is 2. The number of ether oxygens (including phenoxy) is 1. The number of nitrogens with zero attached hydrogens (tertiary/aromatic N) is 1. The zero-order valence-electron chi connectivity index (χ0n) is 10.9. The molecular formula is C13H12ClNO5S. The van der Waals surface area contributed by atoms with Crippen LogP contribution in [0.3, 0.4) is 0 Å². The highest BCUT2D eigenvalue weighted by Crippen LogP contribution is 2.35. The van der Waals surface area contributed by atoms with Gasteiger partial charge in [0.2, 0.25) is 10.0 Å². The van der Waals surface area contributed by atoms with Crippen LogP contribution in [0.2, 0.25) is 5.02 Å². The summed E-state index contributed by atoms with van der Waals surface area (Å²) in [4.78, 5) is 23.1. The van der Waals surface area contributed by atoms with E-state index in [1.54, 1.807) is 12.1 Å². The summed E-state index contributed by atoms with van der Waals surface area (Å²) in [5.41, 5.74) is 0. The highest BCUT2D eigenvalue weighted by molar-refractivity contribution is 7.89. The van der Waals surface area contributed by atoms with Crippen LogP contribution in [0.15, 0.2) is 29.2 Å². The van der Waals surface area contributed by atoms with Crippen molar-refractivity contribution in [3.05, 3.63) is 29.3 Å². The minimum atomic E-state index is -3.79. The van der Waals surface area contributed by atoms with E-state index in [2.05, 4.69) is 4.74 Å². The van der Waals surface area contributed by atoms with Gasteiger partial charge in [0.05, 0.1) is 16.9 Å². The summed E-state index contributed by atoms with van der Waals surface area (Å²) in [6.07, 6.45) is 0.277. The molecule has 0 spiro atoms. The van der Waals surface area contributed by atoms with E-state index in [0.29, 0.717) is 0 Å². The first kappa shape index (κ1) is 14.5. The third-order valence-corrected chi connectivity index (χ3v) is 6.20. The van der Waals surface area contributed by atoms with Gasteiger partial charge in [0.25, 0.3) is 0 Å². The SMILES string of the molecule is O=C1OC(=O)C2CN(S(=O)(=O)c3ccccc3Cl)CCC12. The van der Waals surface area contributed by atoms with Crippen LogP contribution in [0.4, 0.5) is 0 Å². The summed E-state index contributed by atoms with van der Waals surface area (Å²) < 4.78 is 30.9. The number of carbonyl (C=O) groups is 2. The summed E-state index contributed by atoms with van der Waals surface area (Å²) >= 11 is 5.94. The molecule has 1 aromatic rings. The van der Waals surface area contributed by atoms with E-state index in [1.807, 2.05) is 0 Å². The van der Waals surface area contributed by atoms with Crippen LogP contribution in [0.5, 0.6) is 0 Å². The molecule has 2 fully saturated rings. The molecule has 0 saturated carbocycles. The third kappa shape index (κ3) is 2.35. The number of piperidine rings is 1. The Morgan fingerprint density at radius 1 is 1.14 bits per heavy atom. The predicted octanol–water partition coefficient (Wildman–Crippen LogP) is 1.05. The fourth-order valence-electron chi connectivity index (χ4n) is 2.70. The Hall–Kier alpha value is -1.44. The van der Waals surface area contributed by atoms with E-state index < -0.39 is 33.8 Å². The maximum absolute atomic E-state index is 12.6. The molecule has 0 amide bonds. The Labute approximate surface area is 126 Å². The van der Waals surface area contributed by atoms with E-state index in [1.165, 1.54) is 16.4 Å². The van der Waals surface area contributed by atoms with Crippen LogP contribution in [0.25, 0.3) is 0 Å². The van der Waals surface area contributed by atoms with Crippen LogP contribution in [-0.4, -0.2) is 37.8 Å². The molecule has 112 valence electrons. The molecule has 1 aromatic carbocycles. The van der Waals surface area contributed by atoms with Crippen molar-refractivity contribution in [1.82, 2.24) is 4.31 Å². The molecule has 2 unspecified atom stereocenters. The predicted molar refractivity (Wildman–Crippen MR) is 72.9 cm³/mol. The van der Waals surface area contributed by atoms with Gasteiger partial charge in [0.15, 0.2) is 0 Å². The summed E-state index contributed by atoms with van der Waals surface area (Å²) in [7, 11) is -3.79. The first-order valence-electron chi connectivity index (χ1n) is 6.41. The van der Waals surface area contributed by atoms with Crippen LogP contribution >= 0.6 is 11.6 Å². The average Bonchev–Trinajstić information content (AvgIpc) is 2.74. The van der Waals surface area contributed by atoms with E-state index in [4.69, 9.17) is 11.6 Å². The number of rotatable bonds is 2. The van der Waals surface area contributed by atoms with Crippen molar-refractivity contribution in [3.63, 3.8) is 0 Å². The summed E-state index contributed by atoms with van der Waals surface area (Å²) in [5, 5.41) is 0.129. The van der Waals surface area contributed by atoms with E-state index in [-0.39, 0.29) is 29.4 Å². The van der Waals surface area contributed by atoms with Gasteiger partial charge in [-0.15, -0.1) is 0 Å². The minimum absolute atomic E-state index is 0.00260. The number of carbonyl (C=O) groups excluding carboxylic acids is 2. The van der Waals surface area contributed by atoms with E-state index in [0.717, 1.165) is 0 Å². The number of fused-ring (bicyclic) bond motifs is 1. The van der Waals surface area contributed by atoms with Gasteiger partial charge in [-0.25, -0.2) is 8.42 Å². The second-order valence-electron chi connectivity index (χ2n) is 5.04. The Morgan fingerprint density at radius 3 is 2.52 bits per heavy atom. The second-order valence-corrected chi connectivity index (χ2v) is 7.35. The number of benzene rings is 1. The Morgan fingerprint density at radius 2 is 1.81 bits per heavy atom. The largest absolute Gasteiger partial charge is 0.393 e. The van der Waals surface area contributed by atoms with Crippen molar-refractivity contribution >= 4 is 33.6 Å². The van der Waals surface area contributed by atoms with Crippen molar-refractivity contribution in [2.45, 2.75) is 11.3 Å². The van der Waals surface area contributed by atoms with Gasteiger partial charge in [0.1, 0.15) is 4.90 Å². The van der Waals surface area contributed by atoms with Crippen molar-refractivity contribution in [1.29, 1.82) is 0 Å². The highest BCUT2D eigenvalue weighted by atomic mass is 35.5. The van der Waals surface area contributed by atoms with Gasteiger partial charge >= 0.3 is 11.9 Å². The summed E-state index contributed by atoms with van der Waals surface area (Å²) in [6.45, 7) is 0.111. The quantitative estimate of drug-likeness (QED) is 0.598. The molecule has 0 aromatic heterocycles. The fraction of sp³-hybridized carbons (Fsp3) is 0.385. The molecule has 0 N–H and O–H groups in total. The Kier molecular flexibility index (Phi) is 3.51. The topological polar surface area (TPSA) is 80.8 Å². The molecule has 2 aliphatic rings.